The van der Waals surface area contributed by atoms with Crippen molar-refractivity contribution in [1.82, 2.24) is 10.3 Å². The van der Waals surface area contributed by atoms with E-state index in [2.05, 4.69) is 5.32 Å². The Kier molecular flexibility index (Phi) is 8.45. The summed E-state index contributed by atoms with van der Waals surface area (Å²) in [5.41, 5.74) is 4.63. The standard InChI is InChI=1S/C25H22N2O2S.C2H3N/c1-30(29)17-21-23(25(28)26-16-18-10-4-2-5-11-18)20-14-8-9-15-22(20)27-24(21)19-12-6-3-7-13-19;1-2-3/h2-15H,16-17H2,1H3,(H,26,28);1H3. The van der Waals surface area contributed by atoms with Gasteiger partial charge in [0.1, 0.15) is 0 Å². The first kappa shape index (κ1) is 23.8. The van der Waals surface area contributed by atoms with E-state index >= 15 is 0 Å². The van der Waals surface area contributed by atoms with Gasteiger partial charge in [0.25, 0.3) is 5.91 Å². The highest BCUT2D eigenvalue weighted by molar-refractivity contribution is 7.83. The van der Waals surface area contributed by atoms with E-state index in [1.165, 1.54) is 6.92 Å². The SMILES string of the molecule is CC#N.CS(=O)Cc1c(-c2ccccc2)nc2ccccc2c1C(=O)NCc1ccccc1. The number of pyridine rings is 1. The van der Waals surface area contributed by atoms with Crippen molar-refractivity contribution in [2.45, 2.75) is 19.2 Å². The first-order valence-corrected chi connectivity index (χ1v) is 12.2. The van der Waals surface area contributed by atoms with E-state index < -0.39 is 10.8 Å². The van der Waals surface area contributed by atoms with Crippen LogP contribution in [0.15, 0.2) is 84.9 Å². The van der Waals surface area contributed by atoms with Gasteiger partial charge in [0.15, 0.2) is 0 Å². The quantitative estimate of drug-likeness (QED) is 0.431. The molecular weight excluding hydrogens is 430 g/mol. The summed E-state index contributed by atoms with van der Waals surface area (Å²) < 4.78 is 12.2. The number of nitrogens with zero attached hydrogens (tertiary/aromatic N) is 2. The van der Waals surface area contributed by atoms with Gasteiger partial charge < -0.3 is 5.32 Å². The monoisotopic (exact) mass is 455 g/mol. The Morgan fingerprint density at radius 2 is 1.55 bits per heavy atom. The van der Waals surface area contributed by atoms with Crippen LogP contribution in [-0.2, 0) is 23.1 Å². The van der Waals surface area contributed by atoms with E-state index in [9.17, 15) is 9.00 Å². The Labute approximate surface area is 196 Å². The summed E-state index contributed by atoms with van der Waals surface area (Å²) in [6.45, 7) is 1.85. The van der Waals surface area contributed by atoms with E-state index in [4.69, 9.17) is 10.2 Å². The fourth-order valence-corrected chi connectivity index (χ4v) is 4.24. The van der Waals surface area contributed by atoms with Crippen LogP contribution in [-0.4, -0.2) is 21.4 Å². The maximum Gasteiger partial charge on any atom is 0.252 e. The fraction of sp³-hybridized carbons (Fsp3) is 0.148. The molecule has 0 bridgehead atoms. The molecular formula is C27H25N3O2S. The average molecular weight is 456 g/mol. The zero-order valence-electron chi connectivity index (χ0n) is 18.6. The first-order chi connectivity index (χ1) is 16.0. The summed E-state index contributed by atoms with van der Waals surface area (Å²) in [4.78, 5) is 18.2. The molecule has 0 aliphatic carbocycles. The number of hydrogen-bond donors (Lipinski definition) is 1. The fourth-order valence-electron chi connectivity index (χ4n) is 3.56. The van der Waals surface area contributed by atoms with Crippen molar-refractivity contribution in [2.75, 3.05) is 6.26 Å². The molecule has 3 aromatic carbocycles. The van der Waals surface area contributed by atoms with Crippen molar-refractivity contribution in [3.05, 3.63) is 102 Å². The molecule has 0 saturated heterocycles. The average Bonchev–Trinajstić information content (AvgIpc) is 2.83. The number of fused-ring (bicyclic) bond motifs is 1. The van der Waals surface area contributed by atoms with Crippen molar-refractivity contribution in [3.63, 3.8) is 0 Å². The molecule has 1 aromatic heterocycles. The van der Waals surface area contributed by atoms with Crippen LogP contribution >= 0.6 is 0 Å². The Hall–Kier alpha value is -3.82. The van der Waals surface area contributed by atoms with Gasteiger partial charge in [0, 0.05) is 47.0 Å². The number of para-hydroxylation sites is 1. The van der Waals surface area contributed by atoms with Crippen LogP contribution in [0, 0.1) is 11.3 Å². The Morgan fingerprint density at radius 1 is 0.970 bits per heavy atom. The molecule has 1 amide bonds. The molecule has 1 heterocycles. The Bertz CT molecular complexity index is 1300. The van der Waals surface area contributed by atoms with Gasteiger partial charge in [-0.3, -0.25) is 9.00 Å². The lowest BCUT2D eigenvalue weighted by molar-refractivity contribution is 0.0952. The zero-order valence-corrected chi connectivity index (χ0v) is 19.4. The summed E-state index contributed by atoms with van der Waals surface area (Å²) >= 11 is 0. The molecule has 0 fully saturated rings. The van der Waals surface area contributed by atoms with Gasteiger partial charge in [-0.15, -0.1) is 0 Å². The summed E-state index contributed by atoms with van der Waals surface area (Å²) in [5, 5.41) is 11.1. The highest BCUT2D eigenvalue weighted by Crippen LogP contribution is 2.31. The molecule has 166 valence electrons. The normalized spacial score (nSPS) is 11.1. The van der Waals surface area contributed by atoms with E-state index in [0.29, 0.717) is 23.4 Å². The largest absolute Gasteiger partial charge is 0.348 e. The third kappa shape index (κ3) is 6.12. The molecule has 1 unspecified atom stereocenters. The minimum Gasteiger partial charge on any atom is -0.348 e. The predicted molar refractivity (Wildman–Crippen MR) is 134 cm³/mol. The summed E-state index contributed by atoms with van der Waals surface area (Å²) in [5.74, 6) is 0.0750. The second-order valence-electron chi connectivity index (χ2n) is 7.31. The van der Waals surface area contributed by atoms with Crippen molar-refractivity contribution in [3.8, 4) is 17.3 Å². The van der Waals surface area contributed by atoms with Gasteiger partial charge in [0.2, 0.25) is 0 Å². The van der Waals surface area contributed by atoms with Crippen LogP contribution < -0.4 is 5.32 Å². The zero-order chi connectivity index (χ0) is 23.6. The molecule has 0 aliphatic rings. The minimum atomic E-state index is -1.13. The smallest absolute Gasteiger partial charge is 0.252 e. The van der Waals surface area contributed by atoms with Crippen molar-refractivity contribution >= 4 is 27.6 Å². The number of rotatable bonds is 6. The van der Waals surface area contributed by atoms with E-state index in [0.717, 1.165) is 22.0 Å². The molecule has 0 saturated carbocycles. The van der Waals surface area contributed by atoms with Gasteiger partial charge in [-0.05, 0) is 11.6 Å². The molecule has 6 heteroatoms. The summed E-state index contributed by atoms with van der Waals surface area (Å²) in [7, 11) is -1.13. The lowest BCUT2D eigenvalue weighted by atomic mass is 9.97. The molecule has 1 atom stereocenters. The van der Waals surface area contributed by atoms with E-state index in [1.54, 1.807) is 12.3 Å². The van der Waals surface area contributed by atoms with Crippen molar-refractivity contribution in [2.24, 2.45) is 0 Å². The van der Waals surface area contributed by atoms with Crippen molar-refractivity contribution < 1.29 is 9.00 Å². The van der Waals surface area contributed by atoms with Crippen LogP contribution in [0.3, 0.4) is 0 Å². The number of amides is 1. The molecule has 4 rings (SSSR count). The van der Waals surface area contributed by atoms with Gasteiger partial charge in [-0.25, -0.2) is 4.98 Å². The summed E-state index contributed by atoms with van der Waals surface area (Å²) in [6, 6.07) is 28.9. The number of carbonyl (C=O) groups is 1. The Morgan fingerprint density at radius 3 is 2.18 bits per heavy atom. The third-order valence-corrected chi connectivity index (χ3v) is 5.61. The topological polar surface area (TPSA) is 82.8 Å². The number of carbonyl (C=O) groups excluding carboxylic acids is 1. The van der Waals surface area contributed by atoms with E-state index in [1.807, 2.05) is 84.9 Å². The maximum absolute atomic E-state index is 13.4. The number of hydrogen-bond acceptors (Lipinski definition) is 4. The molecule has 4 aromatic rings. The van der Waals surface area contributed by atoms with Gasteiger partial charge >= 0.3 is 0 Å². The van der Waals surface area contributed by atoms with E-state index in [-0.39, 0.29) is 11.7 Å². The molecule has 5 nitrogen and oxygen atoms in total. The highest BCUT2D eigenvalue weighted by atomic mass is 32.2. The second kappa shape index (κ2) is 11.7. The predicted octanol–water partition coefficient (Wildman–Crippen LogP) is 5.24. The van der Waals surface area contributed by atoms with Crippen molar-refractivity contribution in [1.29, 1.82) is 5.26 Å². The second-order valence-corrected chi connectivity index (χ2v) is 8.74. The molecule has 0 spiro atoms. The molecule has 1 N–H and O–H groups in total. The van der Waals surface area contributed by atoms with Crippen LogP contribution in [0.25, 0.3) is 22.2 Å². The Balaban J connectivity index is 0.000000968. The molecule has 0 aliphatic heterocycles. The van der Waals surface area contributed by atoms with Crippen LogP contribution in [0.2, 0.25) is 0 Å². The van der Waals surface area contributed by atoms with Crippen LogP contribution in [0.5, 0.6) is 0 Å². The summed E-state index contributed by atoms with van der Waals surface area (Å²) in [6.07, 6.45) is 1.65. The van der Waals surface area contributed by atoms with Crippen LogP contribution in [0.1, 0.15) is 28.4 Å². The number of benzene rings is 3. The third-order valence-electron chi connectivity index (χ3n) is 4.91. The number of nitrogens with one attached hydrogen (secondary N) is 1. The maximum atomic E-state index is 13.4. The highest BCUT2D eigenvalue weighted by Gasteiger charge is 2.22. The lowest BCUT2D eigenvalue weighted by Gasteiger charge is -2.17. The first-order valence-electron chi connectivity index (χ1n) is 10.4. The molecule has 33 heavy (non-hydrogen) atoms. The van der Waals surface area contributed by atoms with Gasteiger partial charge in [-0.1, -0.05) is 78.9 Å². The van der Waals surface area contributed by atoms with Crippen LogP contribution in [0.4, 0.5) is 0 Å². The minimum absolute atomic E-state index is 0.185. The van der Waals surface area contributed by atoms with Gasteiger partial charge in [0.05, 0.1) is 28.6 Å². The molecule has 0 radical (unpaired) electrons. The lowest BCUT2D eigenvalue weighted by Crippen LogP contribution is -2.25. The number of aromatic nitrogens is 1. The van der Waals surface area contributed by atoms with Gasteiger partial charge in [-0.2, -0.15) is 5.26 Å². The number of nitriles is 1.